The molecule has 11 heteroatoms. The van der Waals surface area contributed by atoms with Gasteiger partial charge < -0.3 is 34.1 Å². The van der Waals surface area contributed by atoms with Gasteiger partial charge in [-0.3, -0.25) is 0 Å². The molecule has 7 aromatic carbocycles. The van der Waals surface area contributed by atoms with E-state index in [2.05, 4.69) is 186 Å². The van der Waals surface area contributed by atoms with Crippen molar-refractivity contribution >= 4 is 55.9 Å². The van der Waals surface area contributed by atoms with Crippen LogP contribution in [0.15, 0.2) is 195 Å². The fourth-order valence-corrected chi connectivity index (χ4v) is 9.23. The molecular weight excluding hydrogens is 859 g/mol. The SMILES string of the molecule is CC[n+]1ccn(Cc2ccc(Cn3cc[n+](CCn4c5ccc(N(c6ccc(CO)cc6)c6ccc(OC)cc6)cc5c5cc(N(c6ccc(CO)cc6)c6ccc(OC)cc6)ccc54)c3)cc2)c1. The van der Waals surface area contributed by atoms with Crippen molar-refractivity contribution in [3.8, 4) is 11.5 Å². The van der Waals surface area contributed by atoms with Gasteiger partial charge in [0.15, 0.2) is 0 Å². The zero-order valence-corrected chi connectivity index (χ0v) is 39.3. The lowest BCUT2D eigenvalue weighted by Gasteiger charge is -2.26. The van der Waals surface area contributed by atoms with E-state index in [-0.39, 0.29) is 13.2 Å². The largest absolute Gasteiger partial charge is 0.497 e. The third-order valence-corrected chi connectivity index (χ3v) is 13.0. The molecule has 0 aliphatic rings. The van der Waals surface area contributed by atoms with Crippen LogP contribution in [0.2, 0.25) is 0 Å². The van der Waals surface area contributed by atoms with Gasteiger partial charge in [0.25, 0.3) is 0 Å². The van der Waals surface area contributed by atoms with Gasteiger partial charge in [0.2, 0.25) is 12.7 Å². The minimum Gasteiger partial charge on any atom is -0.497 e. The standard InChI is InChI=1S/C58H57N7O4/c1-4-59-29-31-61(41-59)37-43-5-7-44(8-6-43)38-62-32-30-60(42-62)33-34-63-57-27-21-51(64(47-13-9-45(39-66)10-14-47)49-17-23-53(68-2)24-18-49)35-55(57)56-36-52(22-28-58(56)63)65(48-15-11-46(40-67)12-16-48)50-19-25-54(69-3)26-20-50/h5-32,35-36,41-42,66-67H,4,33-34,37-40H2,1-3H3/q+2. The van der Waals surface area contributed by atoms with Crippen LogP contribution in [0.3, 0.4) is 0 Å². The van der Waals surface area contributed by atoms with Gasteiger partial charge in [0.1, 0.15) is 55.9 Å². The first-order valence-electron chi connectivity index (χ1n) is 23.4. The van der Waals surface area contributed by atoms with E-state index in [4.69, 9.17) is 9.47 Å². The number of methoxy groups -OCH3 is 2. The number of aryl methyl sites for hydroxylation is 3. The summed E-state index contributed by atoms with van der Waals surface area (Å²) < 4.78 is 22.5. The molecule has 69 heavy (non-hydrogen) atoms. The topological polar surface area (TPSA) is 88.0 Å². The molecule has 0 amide bonds. The van der Waals surface area contributed by atoms with Gasteiger partial charge in [-0.15, -0.1) is 0 Å². The molecule has 0 saturated heterocycles. The molecule has 346 valence electrons. The predicted octanol–water partition coefficient (Wildman–Crippen LogP) is 10.7. The lowest BCUT2D eigenvalue weighted by atomic mass is 10.1. The van der Waals surface area contributed by atoms with E-state index in [1.807, 2.05) is 48.5 Å². The van der Waals surface area contributed by atoms with Gasteiger partial charge in [-0.1, -0.05) is 48.5 Å². The van der Waals surface area contributed by atoms with Crippen molar-refractivity contribution in [2.45, 2.75) is 52.9 Å². The number of benzene rings is 7. The fourth-order valence-electron chi connectivity index (χ4n) is 9.23. The lowest BCUT2D eigenvalue weighted by Crippen LogP contribution is -2.33. The number of fused-ring (bicyclic) bond motifs is 3. The van der Waals surface area contributed by atoms with Crippen LogP contribution in [-0.4, -0.2) is 38.1 Å². The summed E-state index contributed by atoms with van der Waals surface area (Å²) in [5, 5.41) is 22.1. The van der Waals surface area contributed by atoms with Crippen molar-refractivity contribution in [2.24, 2.45) is 0 Å². The normalized spacial score (nSPS) is 11.4. The van der Waals surface area contributed by atoms with E-state index in [9.17, 15) is 10.2 Å². The molecule has 10 rings (SSSR count). The number of anilines is 6. The van der Waals surface area contributed by atoms with Gasteiger partial charge in [-0.25, -0.2) is 18.3 Å². The van der Waals surface area contributed by atoms with Crippen molar-refractivity contribution in [2.75, 3.05) is 24.0 Å². The Morgan fingerprint density at radius 2 is 0.841 bits per heavy atom. The Morgan fingerprint density at radius 1 is 0.464 bits per heavy atom. The van der Waals surface area contributed by atoms with Crippen molar-refractivity contribution in [3.05, 3.63) is 217 Å². The molecule has 2 N–H and O–H groups in total. The van der Waals surface area contributed by atoms with Gasteiger partial charge in [-0.05, 0) is 138 Å². The summed E-state index contributed by atoms with van der Waals surface area (Å²) in [6, 6.07) is 54.7. The maximum atomic E-state index is 9.91. The molecule has 0 radical (unpaired) electrons. The fraction of sp³-hybridized carbons (Fsp3) is 0.172. The summed E-state index contributed by atoms with van der Waals surface area (Å²) in [5.74, 6) is 1.56. The third-order valence-electron chi connectivity index (χ3n) is 13.0. The molecule has 0 atom stereocenters. The number of aromatic nitrogens is 5. The zero-order chi connectivity index (χ0) is 47.3. The number of rotatable bonds is 18. The monoisotopic (exact) mass is 915 g/mol. The first-order valence-corrected chi connectivity index (χ1v) is 23.4. The molecule has 0 aliphatic heterocycles. The molecule has 0 aliphatic carbocycles. The number of aliphatic hydroxyl groups is 2. The van der Waals surface area contributed by atoms with Crippen LogP contribution in [0.25, 0.3) is 21.8 Å². The second kappa shape index (κ2) is 20.0. The summed E-state index contributed by atoms with van der Waals surface area (Å²) in [4.78, 5) is 4.49. The minimum atomic E-state index is -0.0263. The molecule has 3 aromatic heterocycles. The van der Waals surface area contributed by atoms with E-state index in [1.165, 1.54) is 11.1 Å². The van der Waals surface area contributed by atoms with Crippen molar-refractivity contribution < 1.29 is 28.8 Å². The third kappa shape index (κ3) is 9.56. The first kappa shape index (κ1) is 44.7. The molecule has 3 heterocycles. The first-order chi connectivity index (χ1) is 33.9. The average molecular weight is 916 g/mol. The van der Waals surface area contributed by atoms with Gasteiger partial charge in [-0.2, -0.15) is 0 Å². The summed E-state index contributed by atoms with van der Waals surface area (Å²) in [6.07, 6.45) is 12.9. The Bertz CT molecular complexity index is 3050. The highest BCUT2D eigenvalue weighted by Crippen LogP contribution is 2.42. The van der Waals surface area contributed by atoms with Gasteiger partial charge >= 0.3 is 0 Å². The van der Waals surface area contributed by atoms with Crippen LogP contribution in [0, 0.1) is 0 Å². The Morgan fingerprint density at radius 3 is 1.23 bits per heavy atom. The molecule has 0 spiro atoms. The van der Waals surface area contributed by atoms with Gasteiger partial charge in [0.05, 0.1) is 40.5 Å². The van der Waals surface area contributed by atoms with Crippen LogP contribution in [0.4, 0.5) is 34.1 Å². The van der Waals surface area contributed by atoms with Crippen molar-refractivity contribution in [1.82, 2.24) is 13.7 Å². The van der Waals surface area contributed by atoms with E-state index in [1.54, 1.807) is 14.2 Å². The van der Waals surface area contributed by atoms with E-state index < -0.39 is 0 Å². The summed E-state index contributed by atoms with van der Waals surface area (Å²) in [6.45, 7) is 6.22. The Hall–Kier alpha value is -8.12. The van der Waals surface area contributed by atoms with E-state index >= 15 is 0 Å². The number of ether oxygens (including phenoxy) is 2. The second-order valence-electron chi connectivity index (χ2n) is 17.3. The van der Waals surface area contributed by atoms with Crippen LogP contribution in [0.1, 0.15) is 29.2 Å². The Labute approximate surface area is 402 Å². The highest BCUT2D eigenvalue weighted by molar-refractivity contribution is 6.11. The van der Waals surface area contributed by atoms with Crippen molar-refractivity contribution in [3.63, 3.8) is 0 Å². The number of aliphatic hydroxyl groups excluding tert-OH is 2. The smallest absolute Gasteiger partial charge is 0.244 e. The Kier molecular flexibility index (Phi) is 13.0. The predicted molar refractivity (Wildman–Crippen MR) is 273 cm³/mol. The van der Waals surface area contributed by atoms with Crippen molar-refractivity contribution in [1.29, 1.82) is 0 Å². The molecule has 10 aromatic rings. The molecular formula is C58H57N7O4+2. The molecule has 0 bridgehead atoms. The highest BCUT2D eigenvalue weighted by Gasteiger charge is 2.21. The summed E-state index contributed by atoms with van der Waals surface area (Å²) in [7, 11) is 3.36. The van der Waals surface area contributed by atoms with Gasteiger partial charge in [0, 0.05) is 55.9 Å². The highest BCUT2D eigenvalue weighted by atomic mass is 16.5. The van der Waals surface area contributed by atoms with Crippen LogP contribution in [-0.2, 0) is 45.9 Å². The second-order valence-corrected chi connectivity index (χ2v) is 17.3. The van der Waals surface area contributed by atoms with Crippen LogP contribution >= 0.6 is 0 Å². The summed E-state index contributed by atoms with van der Waals surface area (Å²) in [5.41, 5.74) is 12.4. The number of nitrogens with zero attached hydrogens (tertiary/aromatic N) is 7. The van der Waals surface area contributed by atoms with Crippen LogP contribution in [0.5, 0.6) is 11.5 Å². The quantitative estimate of drug-likeness (QED) is 0.0834. The maximum Gasteiger partial charge on any atom is 0.244 e. The minimum absolute atomic E-state index is 0.0263. The lowest BCUT2D eigenvalue weighted by molar-refractivity contribution is -0.697. The molecule has 11 nitrogen and oxygen atoms in total. The number of hydrogen-bond acceptors (Lipinski definition) is 6. The van der Waals surface area contributed by atoms with E-state index in [0.717, 1.165) is 111 Å². The molecule has 0 saturated carbocycles. The Balaban J connectivity index is 1.02. The van der Waals surface area contributed by atoms with E-state index in [0.29, 0.717) is 0 Å². The number of hydrogen-bond donors (Lipinski definition) is 2. The molecule has 0 unspecified atom stereocenters. The summed E-state index contributed by atoms with van der Waals surface area (Å²) >= 11 is 0. The number of imidazole rings is 2. The molecule has 0 fully saturated rings. The maximum absolute atomic E-state index is 9.91. The average Bonchev–Trinajstić information content (AvgIpc) is 4.14. The zero-order valence-electron chi connectivity index (χ0n) is 39.3. The van der Waals surface area contributed by atoms with Crippen LogP contribution < -0.4 is 28.4 Å².